The normalized spacial score (nSPS) is 12.0. The Morgan fingerprint density at radius 3 is 2.42 bits per heavy atom. The van der Waals surface area contributed by atoms with Gasteiger partial charge in [-0.05, 0) is 42.5 Å². The van der Waals surface area contributed by atoms with Crippen molar-refractivity contribution in [3.8, 4) is 0 Å². The highest BCUT2D eigenvalue weighted by Gasteiger charge is 2.15. The summed E-state index contributed by atoms with van der Waals surface area (Å²) in [6.45, 7) is 0. The summed E-state index contributed by atoms with van der Waals surface area (Å²) < 4.78 is 2.19. The molecule has 0 unspecified atom stereocenters. The van der Waals surface area contributed by atoms with Crippen LogP contribution >= 0.6 is 11.6 Å². The molecule has 26 heavy (non-hydrogen) atoms. The highest BCUT2D eigenvalue weighted by atomic mass is 35.5. The van der Waals surface area contributed by atoms with E-state index >= 15 is 0 Å². The van der Waals surface area contributed by atoms with Gasteiger partial charge in [0.2, 0.25) is 0 Å². The maximum Gasteiger partial charge on any atom is 0.147 e. The maximum absolute atomic E-state index is 6.33. The molecule has 0 aliphatic heterocycles. The Kier molecular flexibility index (Phi) is 2.66. The maximum atomic E-state index is 6.33. The van der Waals surface area contributed by atoms with Gasteiger partial charge in [-0.1, -0.05) is 41.9 Å². The molecule has 0 saturated carbocycles. The second-order valence-electron chi connectivity index (χ2n) is 6.50. The summed E-state index contributed by atoms with van der Waals surface area (Å²) in [7, 11) is 0. The Morgan fingerprint density at radius 2 is 1.50 bits per heavy atom. The van der Waals surface area contributed by atoms with Crippen molar-refractivity contribution in [1.82, 2.24) is 14.4 Å². The van der Waals surface area contributed by atoms with Crippen LogP contribution in [0.5, 0.6) is 0 Å². The van der Waals surface area contributed by atoms with Crippen molar-refractivity contribution in [2.45, 2.75) is 0 Å². The molecule has 122 valence electrons. The third-order valence-corrected chi connectivity index (χ3v) is 5.22. The van der Waals surface area contributed by atoms with Crippen LogP contribution in [0.2, 0.25) is 5.02 Å². The Bertz CT molecular complexity index is 1500. The number of para-hydroxylation sites is 3. The lowest BCUT2D eigenvalue weighted by Gasteiger charge is -2.10. The van der Waals surface area contributed by atoms with Crippen molar-refractivity contribution in [3.05, 3.63) is 77.8 Å². The number of pyridine rings is 2. The molecule has 3 aromatic carbocycles. The Labute approximate surface area is 153 Å². The summed E-state index contributed by atoms with van der Waals surface area (Å²) in [4.78, 5) is 9.87. The van der Waals surface area contributed by atoms with Crippen molar-refractivity contribution in [2.75, 3.05) is 0 Å². The number of benzene rings is 3. The predicted molar refractivity (Wildman–Crippen MR) is 108 cm³/mol. The van der Waals surface area contributed by atoms with Gasteiger partial charge in [-0.25, -0.2) is 9.97 Å². The lowest BCUT2D eigenvalue weighted by Crippen LogP contribution is -1.94. The van der Waals surface area contributed by atoms with E-state index in [0.29, 0.717) is 5.02 Å². The van der Waals surface area contributed by atoms with Crippen LogP contribution in [0, 0.1) is 0 Å². The standard InChI is InChI=1S/C22H12ClN3/c23-14-9-10-15-20(12-14)26-19-8-4-3-7-18(19)25-22(26)16-11-13-5-1-2-6-17(13)24-21(15)16/h1-12H. The van der Waals surface area contributed by atoms with Crippen LogP contribution in [0.25, 0.3) is 49.4 Å². The molecule has 0 atom stereocenters. The monoisotopic (exact) mass is 353 g/mol. The van der Waals surface area contributed by atoms with Gasteiger partial charge in [0.25, 0.3) is 0 Å². The van der Waals surface area contributed by atoms with Gasteiger partial charge in [0.15, 0.2) is 0 Å². The van der Waals surface area contributed by atoms with Crippen LogP contribution < -0.4 is 0 Å². The molecule has 0 saturated heterocycles. The summed E-state index contributed by atoms with van der Waals surface area (Å²) in [5.74, 6) is 0. The molecule has 0 N–H and O–H groups in total. The molecule has 0 aliphatic rings. The van der Waals surface area contributed by atoms with Gasteiger partial charge in [0, 0.05) is 21.2 Å². The van der Waals surface area contributed by atoms with Crippen molar-refractivity contribution in [1.29, 1.82) is 0 Å². The fraction of sp³-hybridized carbons (Fsp3) is 0. The molecule has 0 radical (unpaired) electrons. The largest absolute Gasteiger partial charge is 0.292 e. The average Bonchev–Trinajstić information content (AvgIpc) is 3.07. The highest BCUT2D eigenvalue weighted by molar-refractivity contribution is 6.31. The fourth-order valence-electron chi connectivity index (χ4n) is 3.83. The van der Waals surface area contributed by atoms with Gasteiger partial charge < -0.3 is 0 Å². The Balaban J connectivity index is 2.01. The molecule has 4 heteroatoms. The smallest absolute Gasteiger partial charge is 0.147 e. The third kappa shape index (κ3) is 1.78. The minimum absolute atomic E-state index is 0.705. The van der Waals surface area contributed by atoms with Gasteiger partial charge >= 0.3 is 0 Å². The number of hydrogen-bond donors (Lipinski definition) is 0. The summed E-state index contributed by atoms with van der Waals surface area (Å²) >= 11 is 6.33. The number of imidazole rings is 1. The molecule has 0 aliphatic carbocycles. The minimum atomic E-state index is 0.705. The van der Waals surface area contributed by atoms with Crippen LogP contribution in [0.1, 0.15) is 0 Å². The first-order valence-electron chi connectivity index (χ1n) is 8.47. The molecule has 0 spiro atoms. The van der Waals surface area contributed by atoms with E-state index < -0.39 is 0 Å². The number of aromatic nitrogens is 3. The van der Waals surface area contributed by atoms with Crippen molar-refractivity contribution < 1.29 is 0 Å². The zero-order valence-corrected chi connectivity index (χ0v) is 14.4. The quantitative estimate of drug-likeness (QED) is 0.248. The van der Waals surface area contributed by atoms with E-state index in [1.54, 1.807) is 0 Å². The molecular weight excluding hydrogens is 342 g/mol. The number of hydrogen-bond acceptors (Lipinski definition) is 2. The average molecular weight is 354 g/mol. The van der Waals surface area contributed by atoms with Crippen LogP contribution in [-0.4, -0.2) is 14.4 Å². The third-order valence-electron chi connectivity index (χ3n) is 4.98. The first-order valence-corrected chi connectivity index (χ1v) is 8.85. The molecule has 0 bridgehead atoms. The van der Waals surface area contributed by atoms with Gasteiger partial charge in [-0.15, -0.1) is 0 Å². The first-order chi connectivity index (χ1) is 12.8. The number of nitrogens with zero attached hydrogens (tertiary/aromatic N) is 3. The Morgan fingerprint density at radius 1 is 0.692 bits per heavy atom. The molecule has 3 nitrogen and oxygen atoms in total. The first kappa shape index (κ1) is 14.0. The summed E-state index contributed by atoms with van der Waals surface area (Å²) in [5.41, 5.74) is 5.92. The van der Waals surface area contributed by atoms with Crippen LogP contribution in [0.3, 0.4) is 0 Å². The van der Waals surface area contributed by atoms with Crippen molar-refractivity contribution in [3.63, 3.8) is 0 Å². The molecule has 6 rings (SSSR count). The lowest BCUT2D eigenvalue weighted by molar-refractivity contribution is 1.31. The molecule has 3 heterocycles. The molecule has 3 aromatic heterocycles. The SMILES string of the molecule is Clc1ccc2c3nc4ccccc4cc3c3nc4ccccc4n3c2c1. The predicted octanol–water partition coefficient (Wildman–Crippen LogP) is 6.00. The van der Waals surface area contributed by atoms with Gasteiger partial charge in [0.05, 0.1) is 27.6 Å². The van der Waals surface area contributed by atoms with Crippen molar-refractivity contribution in [2.24, 2.45) is 0 Å². The number of rotatable bonds is 0. The number of fused-ring (bicyclic) bond motifs is 9. The topological polar surface area (TPSA) is 30.2 Å². The zero-order valence-electron chi connectivity index (χ0n) is 13.6. The summed E-state index contributed by atoms with van der Waals surface area (Å²) in [6, 6.07) is 24.5. The van der Waals surface area contributed by atoms with Gasteiger partial charge in [-0.3, -0.25) is 4.40 Å². The second kappa shape index (κ2) is 4.93. The number of halogens is 1. The molecule has 6 aromatic rings. The molecular formula is C22H12ClN3. The lowest BCUT2D eigenvalue weighted by atomic mass is 10.1. The minimum Gasteiger partial charge on any atom is -0.292 e. The summed E-state index contributed by atoms with van der Waals surface area (Å²) in [5, 5.41) is 3.94. The van der Waals surface area contributed by atoms with E-state index in [1.807, 2.05) is 48.5 Å². The van der Waals surface area contributed by atoms with E-state index in [9.17, 15) is 0 Å². The second-order valence-corrected chi connectivity index (χ2v) is 6.93. The van der Waals surface area contributed by atoms with Crippen molar-refractivity contribution >= 4 is 61.0 Å². The molecule has 0 fully saturated rings. The van der Waals surface area contributed by atoms with E-state index in [1.165, 1.54) is 0 Å². The summed E-state index contributed by atoms with van der Waals surface area (Å²) in [6.07, 6.45) is 0. The zero-order chi connectivity index (χ0) is 17.3. The molecule has 0 amide bonds. The fourth-order valence-corrected chi connectivity index (χ4v) is 4.00. The highest BCUT2D eigenvalue weighted by Crippen LogP contribution is 2.34. The van der Waals surface area contributed by atoms with Crippen LogP contribution in [-0.2, 0) is 0 Å². The van der Waals surface area contributed by atoms with Gasteiger partial charge in [-0.2, -0.15) is 0 Å². The van der Waals surface area contributed by atoms with E-state index in [2.05, 4.69) is 28.7 Å². The Hall–Kier alpha value is -3.17. The van der Waals surface area contributed by atoms with Gasteiger partial charge in [0.1, 0.15) is 5.65 Å². The van der Waals surface area contributed by atoms with E-state index in [0.717, 1.165) is 49.4 Å². The van der Waals surface area contributed by atoms with E-state index in [-0.39, 0.29) is 0 Å². The van der Waals surface area contributed by atoms with Crippen LogP contribution in [0.4, 0.5) is 0 Å². The van der Waals surface area contributed by atoms with Crippen LogP contribution in [0.15, 0.2) is 72.8 Å². The van der Waals surface area contributed by atoms with E-state index in [4.69, 9.17) is 21.6 Å².